The standard InChI is InChI=1S/C32H37BrN2O7/c1-32(2,3)42-31(39)35(4)27(19-21-11-14-24(36)15-12-21)29(37)34-26(18-23-13-16-28(40-5)25(33)17-23)30(38)41-20-22-9-7-6-8-10-22/h6-17,26-27,36H,18-20H2,1-5H3,(H,34,37)/t26-,27+/m0/s1. The van der Waals surface area contributed by atoms with Crippen LogP contribution in [0.4, 0.5) is 4.79 Å². The molecule has 9 nitrogen and oxygen atoms in total. The van der Waals surface area contributed by atoms with Crippen LogP contribution in [0.15, 0.2) is 77.3 Å². The van der Waals surface area contributed by atoms with E-state index in [2.05, 4.69) is 21.2 Å². The van der Waals surface area contributed by atoms with E-state index >= 15 is 0 Å². The SMILES string of the molecule is COc1ccc(C[C@H](NC(=O)[C@@H](Cc2ccc(O)cc2)N(C)C(=O)OC(C)(C)C)C(=O)OCc2ccccc2)cc1Br. The van der Waals surface area contributed by atoms with Gasteiger partial charge in [-0.3, -0.25) is 9.69 Å². The number of hydrogen-bond acceptors (Lipinski definition) is 7. The summed E-state index contributed by atoms with van der Waals surface area (Å²) in [5, 5.41) is 12.5. The van der Waals surface area contributed by atoms with Gasteiger partial charge < -0.3 is 24.6 Å². The second kappa shape index (κ2) is 14.7. The van der Waals surface area contributed by atoms with Gasteiger partial charge in [0.1, 0.15) is 35.8 Å². The number of methoxy groups -OCH3 is 1. The molecule has 3 aromatic carbocycles. The summed E-state index contributed by atoms with van der Waals surface area (Å²) in [6.45, 7) is 5.24. The van der Waals surface area contributed by atoms with Gasteiger partial charge in [0.15, 0.2) is 0 Å². The fourth-order valence-electron chi connectivity index (χ4n) is 4.09. The van der Waals surface area contributed by atoms with E-state index in [1.165, 1.54) is 24.1 Å². The van der Waals surface area contributed by atoms with Crippen molar-refractivity contribution in [1.29, 1.82) is 0 Å². The van der Waals surface area contributed by atoms with Crippen LogP contribution in [0.1, 0.15) is 37.5 Å². The van der Waals surface area contributed by atoms with Gasteiger partial charge >= 0.3 is 12.1 Å². The maximum Gasteiger partial charge on any atom is 0.410 e. The Bertz CT molecular complexity index is 1360. The number of esters is 1. The average Bonchev–Trinajstić information content (AvgIpc) is 2.94. The summed E-state index contributed by atoms with van der Waals surface area (Å²) in [5.74, 6) is -0.487. The maximum absolute atomic E-state index is 13.8. The number of aromatic hydroxyl groups is 1. The smallest absolute Gasteiger partial charge is 0.410 e. The van der Waals surface area contributed by atoms with Gasteiger partial charge in [0, 0.05) is 19.9 Å². The molecule has 0 bridgehead atoms. The quantitative estimate of drug-likeness (QED) is 0.269. The number of likely N-dealkylation sites (N-methyl/N-ethyl adjacent to an activating group) is 1. The lowest BCUT2D eigenvalue weighted by atomic mass is 10.0. The van der Waals surface area contributed by atoms with E-state index in [1.54, 1.807) is 52.1 Å². The summed E-state index contributed by atoms with van der Waals surface area (Å²) in [7, 11) is 3.03. The molecule has 2 N–H and O–H groups in total. The van der Waals surface area contributed by atoms with Gasteiger partial charge in [0.25, 0.3) is 0 Å². The van der Waals surface area contributed by atoms with E-state index in [-0.39, 0.29) is 25.2 Å². The van der Waals surface area contributed by atoms with Crippen LogP contribution in [0.2, 0.25) is 0 Å². The molecule has 0 radical (unpaired) electrons. The van der Waals surface area contributed by atoms with Crippen LogP contribution in [0.5, 0.6) is 11.5 Å². The highest BCUT2D eigenvalue weighted by molar-refractivity contribution is 9.10. The molecule has 10 heteroatoms. The van der Waals surface area contributed by atoms with Crippen molar-refractivity contribution in [3.8, 4) is 11.5 Å². The highest BCUT2D eigenvalue weighted by atomic mass is 79.9. The lowest BCUT2D eigenvalue weighted by Gasteiger charge is -2.31. The zero-order valence-electron chi connectivity index (χ0n) is 24.4. The number of phenolic OH excluding ortho intramolecular Hbond substituents is 1. The molecule has 0 aliphatic heterocycles. The topological polar surface area (TPSA) is 114 Å². The lowest BCUT2D eigenvalue weighted by molar-refractivity contribution is -0.149. The van der Waals surface area contributed by atoms with Crippen molar-refractivity contribution >= 4 is 33.9 Å². The molecule has 0 aliphatic carbocycles. The molecule has 2 atom stereocenters. The van der Waals surface area contributed by atoms with E-state index in [1.807, 2.05) is 36.4 Å². The monoisotopic (exact) mass is 640 g/mol. The Hall–Kier alpha value is -4.05. The molecular formula is C32H37BrN2O7. The van der Waals surface area contributed by atoms with Crippen molar-refractivity contribution in [2.24, 2.45) is 0 Å². The molecule has 2 amide bonds. The predicted molar refractivity (Wildman–Crippen MR) is 162 cm³/mol. The normalized spacial score (nSPS) is 12.5. The lowest BCUT2D eigenvalue weighted by Crippen LogP contribution is -2.54. The van der Waals surface area contributed by atoms with Crippen molar-refractivity contribution < 1.29 is 33.7 Å². The first kappa shape index (κ1) is 32.5. The van der Waals surface area contributed by atoms with Gasteiger partial charge in [0.05, 0.1) is 11.6 Å². The van der Waals surface area contributed by atoms with Gasteiger partial charge in [-0.05, 0) is 77.7 Å². The Morgan fingerprint density at radius 3 is 2.17 bits per heavy atom. The minimum absolute atomic E-state index is 0.0348. The van der Waals surface area contributed by atoms with E-state index in [9.17, 15) is 19.5 Å². The molecule has 0 aliphatic rings. The fourth-order valence-corrected chi connectivity index (χ4v) is 4.67. The molecular weight excluding hydrogens is 604 g/mol. The number of carbonyl (C=O) groups is 3. The van der Waals surface area contributed by atoms with Crippen LogP contribution in [-0.2, 0) is 38.5 Å². The molecule has 3 rings (SSSR count). The molecule has 0 spiro atoms. The van der Waals surface area contributed by atoms with Gasteiger partial charge in [-0.25, -0.2) is 9.59 Å². The number of nitrogens with zero attached hydrogens (tertiary/aromatic N) is 1. The van der Waals surface area contributed by atoms with Gasteiger partial charge in [-0.1, -0.05) is 48.5 Å². The van der Waals surface area contributed by atoms with E-state index in [0.29, 0.717) is 15.8 Å². The fraction of sp³-hybridized carbons (Fsp3) is 0.344. The van der Waals surface area contributed by atoms with Crippen molar-refractivity contribution in [3.05, 3.63) is 94.0 Å². The van der Waals surface area contributed by atoms with E-state index in [0.717, 1.165) is 11.1 Å². The molecule has 0 fully saturated rings. The molecule has 0 unspecified atom stereocenters. The van der Waals surface area contributed by atoms with E-state index in [4.69, 9.17) is 14.2 Å². The molecule has 3 aromatic rings. The zero-order chi connectivity index (χ0) is 30.9. The molecule has 0 saturated heterocycles. The Morgan fingerprint density at radius 2 is 1.57 bits per heavy atom. The Labute approximate surface area is 254 Å². The first-order chi connectivity index (χ1) is 19.9. The molecule has 0 heterocycles. The molecule has 0 aromatic heterocycles. The van der Waals surface area contributed by atoms with Crippen molar-refractivity contribution in [2.75, 3.05) is 14.2 Å². The second-order valence-corrected chi connectivity index (χ2v) is 11.7. The van der Waals surface area contributed by atoms with Crippen molar-refractivity contribution in [1.82, 2.24) is 10.2 Å². The molecule has 0 saturated carbocycles. The van der Waals surface area contributed by atoms with Gasteiger partial charge in [-0.15, -0.1) is 0 Å². The number of benzene rings is 3. The Morgan fingerprint density at radius 1 is 0.929 bits per heavy atom. The number of nitrogens with one attached hydrogen (secondary N) is 1. The van der Waals surface area contributed by atoms with Crippen molar-refractivity contribution in [3.63, 3.8) is 0 Å². The van der Waals surface area contributed by atoms with Gasteiger partial charge in [0.2, 0.25) is 5.91 Å². The minimum Gasteiger partial charge on any atom is -0.508 e. The number of carbonyl (C=O) groups excluding carboxylic acids is 3. The Kier molecular flexibility index (Phi) is 11.4. The molecule has 224 valence electrons. The Balaban J connectivity index is 1.88. The first-order valence-electron chi connectivity index (χ1n) is 13.4. The molecule has 42 heavy (non-hydrogen) atoms. The number of halogens is 1. The summed E-state index contributed by atoms with van der Waals surface area (Å²) >= 11 is 3.47. The number of hydrogen-bond donors (Lipinski definition) is 2. The highest BCUT2D eigenvalue weighted by Gasteiger charge is 2.33. The van der Waals surface area contributed by atoms with Crippen LogP contribution in [-0.4, -0.2) is 59.8 Å². The number of rotatable bonds is 11. The minimum atomic E-state index is -1.06. The maximum atomic E-state index is 13.8. The van der Waals surface area contributed by atoms with Crippen LogP contribution in [0, 0.1) is 0 Å². The number of phenols is 1. The third-order valence-corrected chi connectivity index (χ3v) is 6.92. The first-order valence-corrected chi connectivity index (χ1v) is 14.2. The van der Waals surface area contributed by atoms with Gasteiger partial charge in [-0.2, -0.15) is 0 Å². The summed E-state index contributed by atoms with van der Waals surface area (Å²) < 4.78 is 17.1. The van der Waals surface area contributed by atoms with Crippen LogP contribution in [0.3, 0.4) is 0 Å². The summed E-state index contributed by atoms with van der Waals surface area (Å²) in [6.07, 6.45) is -0.449. The largest absolute Gasteiger partial charge is 0.508 e. The van der Waals surface area contributed by atoms with Crippen LogP contribution >= 0.6 is 15.9 Å². The predicted octanol–water partition coefficient (Wildman–Crippen LogP) is 5.41. The van der Waals surface area contributed by atoms with Crippen LogP contribution < -0.4 is 10.1 Å². The summed E-state index contributed by atoms with van der Waals surface area (Å²) in [5.41, 5.74) is 1.47. The highest BCUT2D eigenvalue weighted by Crippen LogP contribution is 2.26. The van der Waals surface area contributed by atoms with Crippen molar-refractivity contribution in [2.45, 2.75) is 57.9 Å². The second-order valence-electron chi connectivity index (χ2n) is 10.8. The van der Waals surface area contributed by atoms with Crippen LogP contribution in [0.25, 0.3) is 0 Å². The third-order valence-electron chi connectivity index (χ3n) is 6.30. The van der Waals surface area contributed by atoms with E-state index < -0.39 is 35.7 Å². The zero-order valence-corrected chi connectivity index (χ0v) is 26.0. The number of amides is 2. The summed E-state index contributed by atoms with van der Waals surface area (Å²) in [6, 6.07) is 18.8. The third kappa shape index (κ3) is 9.80. The summed E-state index contributed by atoms with van der Waals surface area (Å²) in [4.78, 5) is 41.4. The number of ether oxygens (including phenoxy) is 3. The average molecular weight is 642 g/mol.